The number of aliphatic hydroxyl groups excluding tert-OH is 1. The topological polar surface area (TPSA) is 353 Å². The van der Waals surface area contributed by atoms with Crippen LogP contribution in [0, 0.1) is 11.8 Å². The van der Waals surface area contributed by atoms with Crippen LogP contribution in [0.3, 0.4) is 0 Å². The third-order valence-corrected chi connectivity index (χ3v) is 16.0. The number of nitrogens with two attached hydrogens (primary N) is 2. The Hall–Kier alpha value is -6.18. The van der Waals surface area contributed by atoms with E-state index in [-0.39, 0.29) is 81.6 Å². The van der Waals surface area contributed by atoms with E-state index >= 15 is 0 Å². The largest absolute Gasteiger partial charge is 0.480 e. The lowest BCUT2D eigenvalue weighted by atomic mass is 9.99. The summed E-state index contributed by atoms with van der Waals surface area (Å²) in [5, 5.41) is 33.0. The molecule has 4 fully saturated rings. The molecule has 0 spiro atoms. The van der Waals surface area contributed by atoms with Gasteiger partial charge in [0.1, 0.15) is 42.3 Å². The number of aliphatic carboxylic acids is 1. The third-order valence-electron chi connectivity index (χ3n) is 14.9. The number of hydrogen-bond acceptors (Lipinski definition) is 15. The maximum Gasteiger partial charge on any atom is 0.326 e. The molecule has 0 bridgehead atoms. The number of nitrogens with zero attached hydrogens (tertiary/aromatic N) is 4. The van der Waals surface area contributed by atoms with Crippen LogP contribution in [-0.2, 0) is 59.2 Å². The smallest absolute Gasteiger partial charge is 0.326 e. The zero-order valence-corrected chi connectivity index (χ0v) is 46.7. The molecule has 4 saturated heterocycles. The van der Waals surface area contributed by atoms with Gasteiger partial charge in [-0.2, -0.15) is 0 Å². The first-order chi connectivity index (χ1) is 37.8. The van der Waals surface area contributed by atoms with Gasteiger partial charge >= 0.3 is 5.97 Å². The van der Waals surface area contributed by atoms with Crippen molar-refractivity contribution >= 4 is 77.0 Å². The molecule has 79 heavy (non-hydrogen) atoms. The van der Waals surface area contributed by atoms with Crippen molar-refractivity contribution in [3.05, 3.63) is 35.9 Å². The molecule has 25 heteroatoms. The van der Waals surface area contributed by atoms with Crippen molar-refractivity contribution in [2.45, 2.75) is 178 Å². The zero-order chi connectivity index (χ0) is 57.8. The van der Waals surface area contributed by atoms with E-state index in [1.165, 1.54) is 14.7 Å². The van der Waals surface area contributed by atoms with E-state index in [4.69, 9.17) is 11.5 Å². The minimum absolute atomic E-state index is 0.0491. The minimum atomic E-state index is -1.54. The van der Waals surface area contributed by atoms with Crippen LogP contribution in [0.1, 0.15) is 129 Å². The van der Waals surface area contributed by atoms with E-state index in [2.05, 4.69) is 33.5 Å². The van der Waals surface area contributed by atoms with Crippen LogP contribution in [0.25, 0.3) is 0 Å². The van der Waals surface area contributed by atoms with Crippen LogP contribution in [0.2, 0.25) is 0 Å². The molecule has 5 rings (SSSR count). The predicted octanol–water partition coefficient (Wildman–Crippen LogP) is -0.170. The highest BCUT2D eigenvalue weighted by Crippen LogP contribution is 2.32. The summed E-state index contributed by atoms with van der Waals surface area (Å²) in [6.45, 7) is 5.04. The fourth-order valence-electron chi connectivity index (χ4n) is 10.6. The molecule has 11 N–H and O–H groups in total. The van der Waals surface area contributed by atoms with Crippen molar-refractivity contribution in [2.75, 3.05) is 45.1 Å². The molecule has 0 aliphatic carbocycles. The van der Waals surface area contributed by atoms with E-state index in [1.54, 1.807) is 30.3 Å². The summed E-state index contributed by atoms with van der Waals surface area (Å²) >= 11 is 0.844. The van der Waals surface area contributed by atoms with Crippen LogP contribution in [-0.4, -0.2) is 188 Å². The van der Waals surface area contributed by atoms with Crippen molar-refractivity contribution in [3.8, 4) is 0 Å². The molecule has 4 aliphatic rings. The number of aliphatic hydroxyl groups is 1. The van der Waals surface area contributed by atoms with Crippen molar-refractivity contribution < 1.29 is 63.0 Å². The number of hydrogen-bond donors (Lipinski definition) is 9. The second kappa shape index (κ2) is 31.6. The highest BCUT2D eigenvalue weighted by atomic mass is 32.2. The number of rotatable bonds is 31. The highest BCUT2D eigenvalue weighted by molar-refractivity contribution is 7.98. The van der Waals surface area contributed by atoms with Crippen molar-refractivity contribution in [1.82, 2.24) is 45.6 Å². The third kappa shape index (κ3) is 18.2. The number of amides is 10. The standard InChI is InChI=1S/C54H83N11O13S/c1-4-5-6-10-18-35-29-45(68)65(50(35)73)79-32-40(61-46(69)36(56)19-11-12-23-55)52(75)64-26-15-22-43(64)53(76)63-25-13-20-41(63)48(71)57-30-44(67)58-37(28-34-16-8-7-9-17-34)47(70)60-39(31-66)51(74)62-24-14-21-42(62)49(72)59-38(54(77)78)27-33(2)3/h7-9,16-17,33,35-43,66H,4-6,10-15,18-32,55-56H2,1-3H3,(H,57,71)(H,58,67)(H,59,72)(H,60,70)(H,61,69)(H,77,78)/t35?,36-,37-,38-,39-,40-,41-,42-,43-/m0/s1. The molecular formula is C54H83N11O13S. The van der Waals surface area contributed by atoms with E-state index in [0.29, 0.717) is 57.1 Å². The molecule has 0 saturated carbocycles. The highest BCUT2D eigenvalue weighted by Gasteiger charge is 2.46. The molecule has 4 heterocycles. The van der Waals surface area contributed by atoms with Gasteiger partial charge in [-0.15, -0.1) is 0 Å². The number of carboxylic acid groups (broad SMARTS) is 1. The zero-order valence-electron chi connectivity index (χ0n) is 45.9. The van der Waals surface area contributed by atoms with Gasteiger partial charge in [-0.25, -0.2) is 9.10 Å². The van der Waals surface area contributed by atoms with Gasteiger partial charge < -0.3 is 63.0 Å². The van der Waals surface area contributed by atoms with E-state index in [0.717, 1.165) is 41.9 Å². The number of carbonyl (C=O) groups excluding carboxylic acids is 10. The summed E-state index contributed by atoms with van der Waals surface area (Å²) in [4.78, 5) is 153. The van der Waals surface area contributed by atoms with Gasteiger partial charge in [0.05, 0.1) is 19.2 Å². The summed E-state index contributed by atoms with van der Waals surface area (Å²) in [7, 11) is 0. The van der Waals surface area contributed by atoms with Crippen LogP contribution >= 0.6 is 11.9 Å². The van der Waals surface area contributed by atoms with Gasteiger partial charge in [-0.05, 0) is 94.2 Å². The molecule has 1 unspecified atom stereocenters. The number of unbranched alkanes of at least 4 members (excludes halogenated alkanes) is 4. The molecule has 438 valence electrons. The van der Waals surface area contributed by atoms with E-state index in [9.17, 15) is 63.0 Å². The number of benzene rings is 1. The number of carbonyl (C=O) groups is 11. The molecule has 24 nitrogen and oxygen atoms in total. The van der Waals surface area contributed by atoms with Crippen molar-refractivity contribution in [2.24, 2.45) is 23.3 Å². The summed E-state index contributed by atoms with van der Waals surface area (Å²) in [5.41, 5.74) is 12.5. The summed E-state index contributed by atoms with van der Waals surface area (Å²) in [5.74, 6) is -8.18. The normalized spacial score (nSPS) is 21.1. The Morgan fingerprint density at radius 1 is 0.722 bits per heavy atom. The molecule has 10 amide bonds. The maximum absolute atomic E-state index is 14.5. The number of likely N-dealkylation sites (tertiary alicyclic amines) is 3. The molecule has 9 atom stereocenters. The van der Waals surface area contributed by atoms with Gasteiger partial charge in [-0.1, -0.05) is 83.2 Å². The van der Waals surface area contributed by atoms with Gasteiger partial charge in [0.2, 0.25) is 59.1 Å². The Labute approximate surface area is 466 Å². The summed E-state index contributed by atoms with van der Waals surface area (Å²) in [6, 6.07) is -0.788. The number of imide groups is 1. The minimum Gasteiger partial charge on any atom is -0.480 e. The van der Waals surface area contributed by atoms with Crippen molar-refractivity contribution in [3.63, 3.8) is 0 Å². The molecule has 4 aliphatic heterocycles. The molecular weight excluding hydrogens is 1040 g/mol. The van der Waals surface area contributed by atoms with Gasteiger partial charge in [0.25, 0.3) is 0 Å². The van der Waals surface area contributed by atoms with Crippen LogP contribution in [0.15, 0.2) is 30.3 Å². The van der Waals surface area contributed by atoms with Gasteiger partial charge in [0.15, 0.2) is 0 Å². The Bertz CT molecular complexity index is 2310. The first-order valence-electron chi connectivity index (χ1n) is 28.0. The Balaban J connectivity index is 1.22. The average molecular weight is 1130 g/mol. The fourth-order valence-corrected chi connectivity index (χ4v) is 11.6. The van der Waals surface area contributed by atoms with Gasteiger partial charge in [0, 0.05) is 44.1 Å². The maximum atomic E-state index is 14.5. The first kappa shape index (κ1) is 63.6. The average Bonchev–Trinajstić information content (AvgIpc) is 4.33. The lowest BCUT2D eigenvalue weighted by Crippen LogP contribution is -2.59. The quantitative estimate of drug-likeness (QED) is 0.0265. The van der Waals surface area contributed by atoms with Gasteiger partial charge in [-0.3, -0.25) is 47.9 Å². The van der Waals surface area contributed by atoms with Crippen molar-refractivity contribution in [1.29, 1.82) is 0 Å². The number of nitrogens with one attached hydrogen (secondary N) is 5. The summed E-state index contributed by atoms with van der Waals surface area (Å²) in [6.07, 6.45) is 7.96. The predicted molar refractivity (Wildman–Crippen MR) is 291 cm³/mol. The lowest BCUT2D eigenvalue weighted by molar-refractivity contribution is -0.147. The fraction of sp³-hybridized carbons (Fsp3) is 0.685. The SMILES string of the molecule is CCCCCCC1CC(=O)N(SC[C@H](NC(=O)[C@@H](N)CCCCN)C(=O)N2CCC[C@H]2C(=O)N2CCC[C@H]2C(=O)NCC(=O)N[C@@H](Cc2ccccc2)C(=O)N[C@@H](CO)C(=O)N2CCC[C@H]2C(=O)N[C@@H](CC(C)C)C(=O)O)C1=O. The molecule has 0 radical (unpaired) electrons. The Kier molecular flexibility index (Phi) is 25.4. The molecule has 1 aromatic rings. The second-order valence-corrected chi connectivity index (χ2v) is 22.4. The molecule has 1 aromatic carbocycles. The van der Waals surface area contributed by atoms with E-state index in [1.807, 2.05) is 13.8 Å². The summed E-state index contributed by atoms with van der Waals surface area (Å²) < 4.78 is 1.07. The van der Waals surface area contributed by atoms with Crippen LogP contribution < -0.4 is 38.1 Å². The monoisotopic (exact) mass is 1130 g/mol. The van der Waals surface area contributed by atoms with Crippen LogP contribution in [0.4, 0.5) is 0 Å². The first-order valence-corrected chi connectivity index (χ1v) is 29.0. The molecule has 0 aromatic heterocycles. The second-order valence-electron chi connectivity index (χ2n) is 21.4. The van der Waals surface area contributed by atoms with E-state index < -0.39 is 121 Å². The lowest BCUT2D eigenvalue weighted by Gasteiger charge is -2.33. The Morgan fingerprint density at radius 2 is 1.34 bits per heavy atom. The Morgan fingerprint density at radius 3 is 1.97 bits per heavy atom. The number of carboxylic acids is 1. The van der Waals surface area contributed by atoms with Crippen LogP contribution in [0.5, 0.6) is 0 Å².